The van der Waals surface area contributed by atoms with Gasteiger partial charge in [0, 0.05) is 31.9 Å². The standard InChI is InChI=1S/C14H19N3O2S/c1-2-19-13-5-3-12(4-6-13)15-14(20)17-9-7-16(11-18)8-10-17/h3-6,11H,2,7-10H2,1H3,(H,15,20). The lowest BCUT2D eigenvalue weighted by Gasteiger charge is -2.34. The first-order valence-corrected chi connectivity index (χ1v) is 7.12. The van der Waals surface area contributed by atoms with Crippen LogP contribution in [-0.2, 0) is 4.79 Å². The molecule has 108 valence electrons. The Kier molecular flexibility index (Phi) is 5.17. The molecule has 1 fully saturated rings. The van der Waals surface area contributed by atoms with Crippen molar-refractivity contribution in [3.63, 3.8) is 0 Å². The molecule has 1 aromatic rings. The zero-order chi connectivity index (χ0) is 14.4. The number of benzene rings is 1. The van der Waals surface area contributed by atoms with Crippen LogP contribution in [0.5, 0.6) is 5.75 Å². The first kappa shape index (κ1) is 14.6. The summed E-state index contributed by atoms with van der Waals surface area (Å²) < 4.78 is 5.40. The molecule has 1 aromatic carbocycles. The maximum absolute atomic E-state index is 10.7. The van der Waals surface area contributed by atoms with Gasteiger partial charge in [-0.3, -0.25) is 4.79 Å². The van der Waals surface area contributed by atoms with Gasteiger partial charge in [0.15, 0.2) is 5.11 Å². The Morgan fingerprint density at radius 3 is 2.50 bits per heavy atom. The largest absolute Gasteiger partial charge is 0.494 e. The van der Waals surface area contributed by atoms with E-state index >= 15 is 0 Å². The van der Waals surface area contributed by atoms with Crippen LogP contribution in [0.15, 0.2) is 24.3 Å². The monoisotopic (exact) mass is 293 g/mol. The molecule has 0 unspecified atom stereocenters. The molecule has 1 saturated heterocycles. The highest BCUT2D eigenvalue weighted by atomic mass is 32.1. The second kappa shape index (κ2) is 7.09. The first-order chi connectivity index (χ1) is 9.72. The van der Waals surface area contributed by atoms with Crippen molar-refractivity contribution in [2.24, 2.45) is 0 Å². The summed E-state index contributed by atoms with van der Waals surface area (Å²) in [5.41, 5.74) is 0.941. The van der Waals surface area contributed by atoms with E-state index in [0.29, 0.717) is 24.8 Å². The second-order valence-corrected chi connectivity index (χ2v) is 4.90. The van der Waals surface area contributed by atoms with Gasteiger partial charge in [0.05, 0.1) is 6.61 Å². The van der Waals surface area contributed by atoms with Crippen LogP contribution in [0, 0.1) is 0 Å². The molecule has 0 radical (unpaired) electrons. The van der Waals surface area contributed by atoms with Crippen molar-refractivity contribution >= 4 is 29.4 Å². The number of hydrogen-bond acceptors (Lipinski definition) is 3. The Hall–Kier alpha value is -1.82. The highest BCUT2D eigenvalue weighted by Gasteiger charge is 2.17. The number of hydrogen-bond donors (Lipinski definition) is 1. The van der Waals surface area contributed by atoms with Crippen LogP contribution in [0.3, 0.4) is 0 Å². The predicted octanol–water partition coefficient (Wildman–Crippen LogP) is 1.56. The summed E-state index contributed by atoms with van der Waals surface area (Å²) >= 11 is 5.39. The summed E-state index contributed by atoms with van der Waals surface area (Å²) in [6.45, 7) is 5.58. The van der Waals surface area contributed by atoms with Gasteiger partial charge in [-0.15, -0.1) is 0 Å². The topological polar surface area (TPSA) is 44.8 Å². The lowest BCUT2D eigenvalue weighted by atomic mass is 10.3. The van der Waals surface area contributed by atoms with E-state index in [4.69, 9.17) is 17.0 Å². The smallest absolute Gasteiger partial charge is 0.209 e. The molecule has 0 spiro atoms. The fourth-order valence-corrected chi connectivity index (χ4v) is 2.33. The number of carbonyl (C=O) groups excluding carboxylic acids is 1. The number of ether oxygens (including phenoxy) is 1. The number of nitrogens with one attached hydrogen (secondary N) is 1. The average Bonchev–Trinajstić information content (AvgIpc) is 2.49. The van der Waals surface area contributed by atoms with Gasteiger partial charge in [0.1, 0.15) is 5.75 Å². The molecule has 0 saturated carbocycles. The molecule has 1 aliphatic heterocycles. The zero-order valence-electron chi connectivity index (χ0n) is 11.5. The summed E-state index contributed by atoms with van der Waals surface area (Å²) in [5.74, 6) is 0.851. The Morgan fingerprint density at radius 1 is 1.30 bits per heavy atom. The minimum atomic E-state index is 0.659. The third-order valence-electron chi connectivity index (χ3n) is 3.17. The number of thiocarbonyl (C=S) groups is 1. The van der Waals surface area contributed by atoms with Crippen molar-refractivity contribution in [3.05, 3.63) is 24.3 Å². The normalized spacial score (nSPS) is 14.8. The molecule has 5 nitrogen and oxygen atoms in total. The van der Waals surface area contributed by atoms with E-state index in [1.165, 1.54) is 0 Å². The summed E-state index contributed by atoms with van der Waals surface area (Å²) in [6.07, 6.45) is 0.889. The first-order valence-electron chi connectivity index (χ1n) is 6.71. The van der Waals surface area contributed by atoms with E-state index in [0.717, 1.165) is 30.9 Å². The number of anilines is 1. The number of amides is 1. The lowest BCUT2D eigenvalue weighted by molar-refractivity contribution is -0.119. The molecule has 1 N–H and O–H groups in total. The Bertz CT molecular complexity index is 456. The molecule has 0 atom stereocenters. The third-order valence-corrected chi connectivity index (χ3v) is 3.53. The molecule has 0 aromatic heterocycles. The maximum atomic E-state index is 10.7. The lowest BCUT2D eigenvalue weighted by Crippen LogP contribution is -2.49. The van der Waals surface area contributed by atoms with Crippen LogP contribution in [0.1, 0.15) is 6.92 Å². The van der Waals surface area contributed by atoms with Crippen LogP contribution in [0.2, 0.25) is 0 Å². The van der Waals surface area contributed by atoms with E-state index in [-0.39, 0.29) is 0 Å². The van der Waals surface area contributed by atoms with E-state index in [9.17, 15) is 4.79 Å². The van der Waals surface area contributed by atoms with Crippen molar-refractivity contribution in [2.45, 2.75) is 6.92 Å². The molecular weight excluding hydrogens is 274 g/mol. The molecule has 6 heteroatoms. The van der Waals surface area contributed by atoms with Gasteiger partial charge in [-0.2, -0.15) is 0 Å². The van der Waals surface area contributed by atoms with E-state index in [1.54, 1.807) is 4.90 Å². The average molecular weight is 293 g/mol. The van der Waals surface area contributed by atoms with E-state index < -0.39 is 0 Å². The predicted molar refractivity (Wildman–Crippen MR) is 83.0 cm³/mol. The van der Waals surface area contributed by atoms with E-state index in [1.807, 2.05) is 31.2 Å². The molecule has 0 aliphatic carbocycles. The minimum absolute atomic E-state index is 0.659. The molecule has 1 amide bonds. The number of carbonyl (C=O) groups is 1. The van der Waals surface area contributed by atoms with Crippen molar-refractivity contribution in [2.75, 3.05) is 38.1 Å². The van der Waals surface area contributed by atoms with Crippen LogP contribution in [-0.4, -0.2) is 54.1 Å². The molecule has 20 heavy (non-hydrogen) atoms. The molecular formula is C14H19N3O2S. The van der Waals surface area contributed by atoms with Crippen LogP contribution < -0.4 is 10.1 Å². The summed E-state index contributed by atoms with van der Waals surface area (Å²) in [4.78, 5) is 14.5. The number of piperazine rings is 1. The Morgan fingerprint density at radius 2 is 1.95 bits per heavy atom. The van der Waals surface area contributed by atoms with Crippen molar-refractivity contribution in [3.8, 4) is 5.75 Å². The zero-order valence-corrected chi connectivity index (χ0v) is 12.4. The van der Waals surface area contributed by atoms with Crippen LogP contribution in [0.25, 0.3) is 0 Å². The Labute approximate surface area is 124 Å². The van der Waals surface area contributed by atoms with Crippen LogP contribution >= 0.6 is 12.2 Å². The molecule has 1 aliphatic rings. The third kappa shape index (κ3) is 3.84. The highest BCUT2D eigenvalue weighted by molar-refractivity contribution is 7.80. The van der Waals surface area contributed by atoms with Gasteiger partial charge in [0.25, 0.3) is 0 Å². The van der Waals surface area contributed by atoms with Gasteiger partial charge in [0.2, 0.25) is 6.41 Å². The molecule has 2 rings (SSSR count). The van der Waals surface area contributed by atoms with Crippen molar-refractivity contribution < 1.29 is 9.53 Å². The fourth-order valence-electron chi connectivity index (χ4n) is 2.03. The van der Waals surface area contributed by atoms with E-state index in [2.05, 4.69) is 10.2 Å². The molecule has 1 heterocycles. The maximum Gasteiger partial charge on any atom is 0.209 e. The van der Waals surface area contributed by atoms with Gasteiger partial charge >= 0.3 is 0 Å². The SMILES string of the molecule is CCOc1ccc(NC(=S)N2CCN(C=O)CC2)cc1. The number of nitrogens with zero attached hydrogens (tertiary/aromatic N) is 2. The van der Waals surface area contributed by atoms with Gasteiger partial charge in [-0.1, -0.05) is 0 Å². The summed E-state index contributed by atoms with van der Waals surface area (Å²) in [7, 11) is 0. The van der Waals surface area contributed by atoms with Gasteiger partial charge in [-0.05, 0) is 43.4 Å². The van der Waals surface area contributed by atoms with Crippen molar-refractivity contribution in [1.29, 1.82) is 0 Å². The minimum Gasteiger partial charge on any atom is -0.494 e. The molecule has 0 bridgehead atoms. The van der Waals surface area contributed by atoms with Crippen molar-refractivity contribution in [1.82, 2.24) is 9.80 Å². The quantitative estimate of drug-likeness (QED) is 0.674. The highest BCUT2D eigenvalue weighted by Crippen LogP contribution is 2.16. The van der Waals surface area contributed by atoms with Crippen LogP contribution in [0.4, 0.5) is 5.69 Å². The summed E-state index contributed by atoms with van der Waals surface area (Å²) in [5, 5.41) is 3.90. The van der Waals surface area contributed by atoms with Gasteiger partial charge in [-0.25, -0.2) is 0 Å². The fraction of sp³-hybridized carbons (Fsp3) is 0.429. The number of rotatable bonds is 4. The summed E-state index contributed by atoms with van der Waals surface area (Å²) in [6, 6.07) is 7.72. The Balaban J connectivity index is 1.86. The van der Waals surface area contributed by atoms with Gasteiger partial charge < -0.3 is 19.9 Å². The second-order valence-electron chi connectivity index (χ2n) is 4.52.